The van der Waals surface area contributed by atoms with Gasteiger partial charge in [0.1, 0.15) is 21.8 Å². The summed E-state index contributed by atoms with van der Waals surface area (Å²) in [6.45, 7) is 0. The quantitative estimate of drug-likeness (QED) is 0.245. The standard InChI is InChI=1S/C22H15Cl2N3O2S2/c1-29-15-8-4-12(5-9-15)16-10-30-20(25-16)17-11-31-22(26-17)27-19(18(24)21(27)28)13-2-6-14(23)7-3-13/h2-11,18-19H,1H3. The Hall–Kier alpha value is -2.45. The molecule has 2 aromatic carbocycles. The van der Waals surface area contributed by atoms with E-state index in [0.717, 1.165) is 33.3 Å². The molecular weight excluding hydrogens is 473 g/mol. The molecule has 1 amide bonds. The van der Waals surface area contributed by atoms with E-state index in [9.17, 15) is 4.79 Å². The van der Waals surface area contributed by atoms with E-state index >= 15 is 0 Å². The molecule has 1 aliphatic rings. The van der Waals surface area contributed by atoms with Crippen molar-refractivity contribution < 1.29 is 9.53 Å². The molecular formula is C22H15Cl2N3O2S2. The van der Waals surface area contributed by atoms with E-state index in [0.29, 0.717) is 10.2 Å². The number of amides is 1. The summed E-state index contributed by atoms with van der Waals surface area (Å²) in [7, 11) is 1.64. The molecule has 9 heteroatoms. The van der Waals surface area contributed by atoms with Crippen LogP contribution in [0.4, 0.5) is 5.13 Å². The summed E-state index contributed by atoms with van der Waals surface area (Å²) >= 11 is 15.2. The van der Waals surface area contributed by atoms with E-state index < -0.39 is 5.38 Å². The van der Waals surface area contributed by atoms with E-state index in [-0.39, 0.29) is 11.9 Å². The van der Waals surface area contributed by atoms with Crippen molar-refractivity contribution in [3.63, 3.8) is 0 Å². The van der Waals surface area contributed by atoms with Gasteiger partial charge < -0.3 is 4.74 Å². The fraction of sp³-hybridized carbons (Fsp3) is 0.136. The van der Waals surface area contributed by atoms with Crippen molar-refractivity contribution in [2.24, 2.45) is 0 Å². The van der Waals surface area contributed by atoms with Gasteiger partial charge in [0.15, 0.2) is 5.13 Å². The Morgan fingerprint density at radius 2 is 1.68 bits per heavy atom. The first kappa shape index (κ1) is 20.5. The predicted molar refractivity (Wildman–Crippen MR) is 127 cm³/mol. The maximum absolute atomic E-state index is 12.5. The molecule has 0 bridgehead atoms. The van der Waals surface area contributed by atoms with Crippen molar-refractivity contribution in [3.05, 3.63) is 69.9 Å². The van der Waals surface area contributed by atoms with Crippen LogP contribution in [0.2, 0.25) is 5.02 Å². The maximum atomic E-state index is 12.5. The van der Waals surface area contributed by atoms with Crippen LogP contribution in [0, 0.1) is 0 Å². The zero-order chi connectivity index (χ0) is 21.5. The van der Waals surface area contributed by atoms with Crippen LogP contribution in [0.1, 0.15) is 11.6 Å². The molecule has 2 aromatic heterocycles. The molecule has 31 heavy (non-hydrogen) atoms. The minimum Gasteiger partial charge on any atom is -0.497 e. The monoisotopic (exact) mass is 487 g/mol. The van der Waals surface area contributed by atoms with Crippen molar-refractivity contribution in [1.82, 2.24) is 9.97 Å². The Kier molecular flexibility index (Phi) is 5.44. The van der Waals surface area contributed by atoms with Crippen LogP contribution in [-0.4, -0.2) is 28.4 Å². The molecule has 3 heterocycles. The van der Waals surface area contributed by atoms with Gasteiger partial charge in [0.2, 0.25) is 5.91 Å². The average Bonchev–Trinajstić information content (AvgIpc) is 3.47. The SMILES string of the molecule is COc1ccc(-c2csc(-c3csc(N4C(=O)C(Cl)C4c4ccc(Cl)cc4)n3)n2)cc1. The van der Waals surface area contributed by atoms with Gasteiger partial charge in [0.05, 0.1) is 18.8 Å². The highest BCUT2D eigenvalue weighted by molar-refractivity contribution is 7.16. The number of β-lactam (4-membered cyclic amide) rings is 1. The van der Waals surface area contributed by atoms with Crippen molar-refractivity contribution in [2.75, 3.05) is 12.0 Å². The highest BCUT2D eigenvalue weighted by atomic mass is 35.5. The lowest BCUT2D eigenvalue weighted by atomic mass is 9.94. The highest BCUT2D eigenvalue weighted by Crippen LogP contribution is 2.44. The molecule has 0 N–H and O–H groups in total. The largest absolute Gasteiger partial charge is 0.497 e. The summed E-state index contributed by atoms with van der Waals surface area (Å²) < 4.78 is 5.21. The summed E-state index contributed by atoms with van der Waals surface area (Å²) in [4.78, 5) is 23.6. The molecule has 156 valence electrons. The number of aromatic nitrogens is 2. The summed E-state index contributed by atoms with van der Waals surface area (Å²) in [5.41, 5.74) is 3.55. The van der Waals surface area contributed by atoms with Gasteiger partial charge in [-0.1, -0.05) is 23.7 Å². The number of anilines is 1. The molecule has 2 unspecified atom stereocenters. The summed E-state index contributed by atoms with van der Waals surface area (Å²) in [5.74, 6) is 0.649. The number of methoxy groups -OCH3 is 1. The normalized spacial score (nSPS) is 18.2. The topological polar surface area (TPSA) is 55.3 Å². The highest BCUT2D eigenvalue weighted by Gasteiger charge is 2.49. The average molecular weight is 488 g/mol. The van der Waals surface area contributed by atoms with Crippen LogP contribution < -0.4 is 9.64 Å². The second-order valence-corrected chi connectivity index (χ2v) is 9.49. The number of halogens is 2. The molecule has 5 rings (SSSR count). The van der Waals surface area contributed by atoms with Crippen molar-refractivity contribution >= 4 is 56.9 Å². The fourth-order valence-corrected chi connectivity index (χ4v) is 5.61. The second kappa shape index (κ2) is 8.24. The van der Waals surface area contributed by atoms with Gasteiger partial charge in [0, 0.05) is 21.3 Å². The molecule has 0 saturated carbocycles. The molecule has 0 radical (unpaired) electrons. The van der Waals surface area contributed by atoms with Crippen LogP contribution in [0.5, 0.6) is 5.75 Å². The molecule has 1 saturated heterocycles. The minimum atomic E-state index is -0.616. The first-order valence-electron chi connectivity index (χ1n) is 9.33. The maximum Gasteiger partial charge on any atom is 0.249 e. The molecule has 0 aliphatic carbocycles. The molecule has 1 fully saturated rings. The van der Waals surface area contributed by atoms with Crippen LogP contribution >= 0.6 is 45.9 Å². The number of hydrogen-bond acceptors (Lipinski definition) is 6. The molecule has 5 nitrogen and oxygen atoms in total. The third kappa shape index (κ3) is 3.72. The van der Waals surface area contributed by atoms with E-state index in [4.69, 9.17) is 32.9 Å². The number of nitrogens with zero attached hydrogens (tertiary/aromatic N) is 3. The van der Waals surface area contributed by atoms with E-state index in [1.807, 2.05) is 47.2 Å². The third-order valence-corrected chi connectivity index (χ3v) is 7.43. The molecule has 2 atom stereocenters. The number of rotatable bonds is 5. The number of benzene rings is 2. The number of carbonyl (C=O) groups is 1. The van der Waals surface area contributed by atoms with Crippen LogP contribution in [0.25, 0.3) is 22.0 Å². The van der Waals surface area contributed by atoms with Crippen LogP contribution in [-0.2, 0) is 4.79 Å². The van der Waals surface area contributed by atoms with Gasteiger partial charge in [0.25, 0.3) is 0 Å². The Balaban J connectivity index is 1.40. The van der Waals surface area contributed by atoms with Crippen molar-refractivity contribution in [1.29, 1.82) is 0 Å². The van der Waals surface area contributed by atoms with Gasteiger partial charge in [-0.2, -0.15) is 0 Å². The van der Waals surface area contributed by atoms with Gasteiger partial charge in [-0.15, -0.1) is 34.3 Å². The number of ether oxygens (including phenoxy) is 1. The Bertz CT molecular complexity index is 1240. The van der Waals surface area contributed by atoms with Crippen molar-refractivity contribution in [3.8, 4) is 27.7 Å². The lowest BCUT2D eigenvalue weighted by Gasteiger charge is -2.42. The predicted octanol–water partition coefficient (Wildman–Crippen LogP) is 6.29. The Morgan fingerprint density at radius 3 is 2.39 bits per heavy atom. The fourth-order valence-electron chi connectivity index (χ4n) is 3.40. The number of carbonyl (C=O) groups excluding carboxylic acids is 1. The van der Waals surface area contributed by atoms with E-state index in [2.05, 4.69) is 4.98 Å². The summed E-state index contributed by atoms with van der Waals surface area (Å²) in [6, 6.07) is 14.9. The Labute approximate surface area is 196 Å². The number of alkyl halides is 1. The molecule has 0 spiro atoms. The van der Waals surface area contributed by atoms with E-state index in [1.54, 1.807) is 24.1 Å². The first-order chi connectivity index (χ1) is 15.0. The Morgan fingerprint density at radius 1 is 0.968 bits per heavy atom. The lowest BCUT2D eigenvalue weighted by Crippen LogP contribution is -2.56. The van der Waals surface area contributed by atoms with Gasteiger partial charge >= 0.3 is 0 Å². The summed E-state index contributed by atoms with van der Waals surface area (Å²) in [6.07, 6.45) is 0. The number of thiazole rings is 2. The summed E-state index contributed by atoms with van der Waals surface area (Å²) in [5, 5.41) is 5.34. The van der Waals surface area contributed by atoms with Gasteiger partial charge in [-0.3, -0.25) is 9.69 Å². The van der Waals surface area contributed by atoms with Crippen LogP contribution in [0.3, 0.4) is 0 Å². The minimum absolute atomic E-state index is 0.152. The smallest absolute Gasteiger partial charge is 0.249 e. The number of hydrogen-bond donors (Lipinski definition) is 0. The van der Waals surface area contributed by atoms with Gasteiger partial charge in [-0.25, -0.2) is 9.97 Å². The van der Waals surface area contributed by atoms with Crippen molar-refractivity contribution in [2.45, 2.75) is 11.4 Å². The second-order valence-electron chi connectivity index (χ2n) is 6.89. The van der Waals surface area contributed by atoms with Gasteiger partial charge in [-0.05, 0) is 42.0 Å². The zero-order valence-electron chi connectivity index (χ0n) is 16.2. The molecule has 1 aliphatic heterocycles. The lowest BCUT2D eigenvalue weighted by molar-refractivity contribution is -0.123. The van der Waals surface area contributed by atoms with Crippen LogP contribution in [0.15, 0.2) is 59.3 Å². The molecule has 4 aromatic rings. The zero-order valence-corrected chi connectivity index (χ0v) is 19.3. The first-order valence-corrected chi connectivity index (χ1v) is 11.9. The van der Waals surface area contributed by atoms with E-state index in [1.165, 1.54) is 22.7 Å². The third-order valence-electron chi connectivity index (χ3n) is 5.05.